The Labute approximate surface area is 135 Å². The molecule has 122 valence electrons. The maximum atomic E-state index is 11.9. The van der Waals surface area contributed by atoms with E-state index in [0.717, 1.165) is 24.4 Å². The van der Waals surface area contributed by atoms with Gasteiger partial charge in [-0.1, -0.05) is 11.2 Å². The van der Waals surface area contributed by atoms with Crippen LogP contribution in [0.15, 0.2) is 28.9 Å². The summed E-state index contributed by atoms with van der Waals surface area (Å²) in [6.45, 7) is 1.47. The molecule has 1 amide bonds. The normalized spacial score (nSPS) is 14.2. The Hall–Kier alpha value is -2.28. The molecule has 1 aliphatic carbocycles. The van der Waals surface area contributed by atoms with Crippen LogP contribution in [0.4, 0.5) is 0 Å². The van der Waals surface area contributed by atoms with Crippen LogP contribution < -0.4 is 5.32 Å². The zero-order chi connectivity index (χ0) is 16.1. The fourth-order valence-corrected chi connectivity index (χ4v) is 2.31. The molecule has 0 atom stereocenters. The quantitative estimate of drug-likeness (QED) is 0.786. The van der Waals surface area contributed by atoms with Crippen molar-refractivity contribution in [1.29, 1.82) is 0 Å². The second kappa shape index (κ2) is 7.32. The Bertz CT molecular complexity index is 639. The topological polar surface area (TPSA) is 84.2 Å². The van der Waals surface area contributed by atoms with E-state index in [4.69, 9.17) is 4.52 Å². The molecular weight excluding hydrogens is 294 g/mol. The van der Waals surface area contributed by atoms with Crippen molar-refractivity contribution >= 4 is 5.91 Å². The van der Waals surface area contributed by atoms with Crippen LogP contribution in [0, 0.1) is 0 Å². The minimum atomic E-state index is -0.0228. The van der Waals surface area contributed by atoms with Crippen molar-refractivity contribution in [3.63, 3.8) is 0 Å². The molecule has 2 aromatic rings. The number of carbonyl (C=O) groups excluding carboxylic acids is 1. The van der Waals surface area contributed by atoms with Crippen molar-refractivity contribution in [3.05, 3.63) is 41.8 Å². The molecule has 1 aliphatic rings. The van der Waals surface area contributed by atoms with Crippen molar-refractivity contribution in [2.75, 3.05) is 20.1 Å². The predicted octanol–water partition coefficient (Wildman–Crippen LogP) is 1.13. The van der Waals surface area contributed by atoms with Crippen LogP contribution in [-0.4, -0.2) is 46.1 Å². The first-order valence-corrected chi connectivity index (χ1v) is 7.88. The highest BCUT2D eigenvalue weighted by Crippen LogP contribution is 2.38. The number of hydrogen-bond donors (Lipinski definition) is 1. The summed E-state index contributed by atoms with van der Waals surface area (Å²) in [5.41, 5.74) is 0.946. The van der Waals surface area contributed by atoms with Gasteiger partial charge in [0.05, 0.1) is 12.2 Å². The van der Waals surface area contributed by atoms with E-state index < -0.39 is 0 Å². The molecule has 0 aromatic carbocycles. The van der Waals surface area contributed by atoms with Gasteiger partial charge in [-0.25, -0.2) is 0 Å². The summed E-state index contributed by atoms with van der Waals surface area (Å²) in [5, 5.41) is 6.83. The van der Waals surface area contributed by atoms with E-state index in [1.54, 1.807) is 6.20 Å². The molecule has 3 rings (SSSR count). The Morgan fingerprint density at radius 1 is 1.43 bits per heavy atom. The molecular formula is C16H21N5O2. The zero-order valence-corrected chi connectivity index (χ0v) is 13.2. The van der Waals surface area contributed by atoms with Crippen molar-refractivity contribution in [1.82, 2.24) is 25.3 Å². The highest BCUT2D eigenvalue weighted by molar-refractivity contribution is 5.77. The number of nitrogens with zero attached hydrogens (tertiary/aromatic N) is 4. The highest BCUT2D eigenvalue weighted by Gasteiger charge is 2.28. The van der Waals surface area contributed by atoms with Crippen LogP contribution in [0.3, 0.4) is 0 Å². The Morgan fingerprint density at radius 3 is 3.04 bits per heavy atom. The molecule has 1 N–H and O–H groups in total. The molecule has 0 aliphatic heterocycles. The molecule has 0 saturated heterocycles. The van der Waals surface area contributed by atoms with Crippen LogP contribution in [0.5, 0.6) is 0 Å². The second-order valence-corrected chi connectivity index (χ2v) is 5.91. The molecule has 0 spiro atoms. The number of amides is 1. The van der Waals surface area contributed by atoms with Crippen LogP contribution in [0.25, 0.3) is 0 Å². The van der Waals surface area contributed by atoms with E-state index in [0.29, 0.717) is 37.9 Å². The molecule has 1 fully saturated rings. The summed E-state index contributed by atoms with van der Waals surface area (Å²) in [6.07, 6.45) is 4.62. The molecule has 0 radical (unpaired) electrons. The van der Waals surface area contributed by atoms with Crippen LogP contribution in [-0.2, 0) is 17.8 Å². The van der Waals surface area contributed by atoms with Crippen molar-refractivity contribution in [3.8, 4) is 0 Å². The third kappa shape index (κ3) is 4.85. The molecule has 2 heterocycles. The molecule has 0 unspecified atom stereocenters. The average Bonchev–Trinajstić information content (AvgIpc) is 3.28. The minimum Gasteiger partial charge on any atom is -0.354 e. The van der Waals surface area contributed by atoms with Gasteiger partial charge in [0, 0.05) is 31.6 Å². The molecule has 0 bridgehead atoms. The van der Waals surface area contributed by atoms with E-state index in [-0.39, 0.29) is 5.91 Å². The summed E-state index contributed by atoms with van der Waals surface area (Å²) < 4.78 is 5.18. The lowest BCUT2D eigenvalue weighted by Crippen LogP contribution is -2.36. The van der Waals surface area contributed by atoms with Gasteiger partial charge in [-0.05, 0) is 32.0 Å². The van der Waals surface area contributed by atoms with Gasteiger partial charge in [0.25, 0.3) is 0 Å². The second-order valence-electron chi connectivity index (χ2n) is 5.91. The number of pyridine rings is 1. The maximum absolute atomic E-state index is 11.9. The zero-order valence-electron chi connectivity index (χ0n) is 13.2. The van der Waals surface area contributed by atoms with Crippen LogP contribution in [0.1, 0.15) is 36.2 Å². The maximum Gasteiger partial charge on any atom is 0.234 e. The van der Waals surface area contributed by atoms with E-state index in [2.05, 4.69) is 20.4 Å². The highest BCUT2D eigenvalue weighted by atomic mass is 16.5. The van der Waals surface area contributed by atoms with Gasteiger partial charge in [0.2, 0.25) is 11.8 Å². The number of aromatic nitrogens is 3. The first-order valence-electron chi connectivity index (χ1n) is 7.88. The van der Waals surface area contributed by atoms with Gasteiger partial charge < -0.3 is 9.84 Å². The van der Waals surface area contributed by atoms with Crippen LogP contribution >= 0.6 is 0 Å². The monoisotopic (exact) mass is 315 g/mol. The third-order valence-electron chi connectivity index (χ3n) is 3.66. The summed E-state index contributed by atoms with van der Waals surface area (Å²) in [6, 6.07) is 5.76. The van der Waals surface area contributed by atoms with E-state index in [9.17, 15) is 4.79 Å². The Kier molecular flexibility index (Phi) is 4.97. The summed E-state index contributed by atoms with van der Waals surface area (Å²) in [7, 11) is 1.90. The lowest BCUT2D eigenvalue weighted by Gasteiger charge is -2.15. The van der Waals surface area contributed by atoms with Gasteiger partial charge in [-0.2, -0.15) is 4.98 Å². The average molecular weight is 315 g/mol. The molecule has 2 aromatic heterocycles. The number of nitrogens with one attached hydrogen (secondary N) is 1. The SMILES string of the molecule is CN(CC(=O)NCCc1nc(C2CC2)no1)Cc1ccccn1. The first kappa shape index (κ1) is 15.6. The standard InChI is InChI=1S/C16H21N5O2/c1-21(10-13-4-2-3-8-17-13)11-14(22)18-9-7-15-19-16(20-23-15)12-5-6-12/h2-4,8,12H,5-7,9-11H2,1H3,(H,18,22). The van der Waals surface area contributed by atoms with Gasteiger partial charge in [-0.3, -0.25) is 14.7 Å². The fraction of sp³-hybridized carbons (Fsp3) is 0.500. The molecule has 1 saturated carbocycles. The van der Waals surface area contributed by atoms with E-state index >= 15 is 0 Å². The number of rotatable bonds is 8. The third-order valence-corrected chi connectivity index (χ3v) is 3.66. The number of hydrogen-bond acceptors (Lipinski definition) is 6. The van der Waals surface area contributed by atoms with Gasteiger partial charge in [-0.15, -0.1) is 0 Å². The lowest BCUT2D eigenvalue weighted by molar-refractivity contribution is -0.122. The van der Waals surface area contributed by atoms with Crippen molar-refractivity contribution in [2.45, 2.75) is 31.7 Å². The smallest absolute Gasteiger partial charge is 0.234 e. The van der Waals surface area contributed by atoms with Gasteiger partial charge in [0.15, 0.2) is 5.82 Å². The molecule has 7 nitrogen and oxygen atoms in total. The summed E-state index contributed by atoms with van der Waals surface area (Å²) in [5.74, 6) is 1.86. The number of likely N-dealkylation sites (N-methyl/N-ethyl adjacent to an activating group) is 1. The largest absolute Gasteiger partial charge is 0.354 e. The van der Waals surface area contributed by atoms with Crippen molar-refractivity contribution in [2.24, 2.45) is 0 Å². The number of carbonyl (C=O) groups is 1. The van der Waals surface area contributed by atoms with E-state index in [1.807, 2.05) is 30.1 Å². The van der Waals surface area contributed by atoms with Gasteiger partial charge in [0.1, 0.15) is 0 Å². The van der Waals surface area contributed by atoms with Gasteiger partial charge >= 0.3 is 0 Å². The Morgan fingerprint density at radius 2 is 2.30 bits per heavy atom. The summed E-state index contributed by atoms with van der Waals surface area (Å²) in [4.78, 5) is 22.4. The first-order chi connectivity index (χ1) is 11.2. The molecule has 7 heteroatoms. The van der Waals surface area contributed by atoms with E-state index in [1.165, 1.54) is 0 Å². The van der Waals surface area contributed by atoms with Crippen molar-refractivity contribution < 1.29 is 9.32 Å². The molecule has 23 heavy (non-hydrogen) atoms. The predicted molar refractivity (Wildman–Crippen MR) is 83.6 cm³/mol. The fourth-order valence-electron chi connectivity index (χ4n) is 2.31. The van der Waals surface area contributed by atoms with Crippen LogP contribution in [0.2, 0.25) is 0 Å². The Balaban J connectivity index is 1.35. The lowest BCUT2D eigenvalue weighted by atomic mass is 10.3. The minimum absolute atomic E-state index is 0.0228. The summed E-state index contributed by atoms with van der Waals surface area (Å²) >= 11 is 0.